The Morgan fingerprint density at radius 3 is 1.38 bits per heavy atom. The van der Waals surface area contributed by atoms with Crippen molar-refractivity contribution in [3.8, 4) is 79.4 Å². The molecule has 7 nitrogen and oxygen atoms in total. The van der Waals surface area contributed by atoms with Gasteiger partial charge >= 0.3 is 0 Å². The predicted octanol–water partition coefficient (Wildman–Crippen LogP) is 13.9. The number of hydrogen-bond acceptors (Lipinski definition) is 7. The van der Waals surface area contributed by atoms with E-state index in [-0.39, 0.29) is 0 Å². The molecule has 0 amide bonds. The number of furan rings is 2. The lowest BCUT2D eigenvalue weighted by Gasteiger charge is -2.21. The van der Waals surface area contributed by atoms with Gasteiger partial charge in [0.25, 0.3) is 0 Å². The van der Waals surface area contributed by atoms with E-state index in [1.54, 1.807) is 0 Å². The van der Waals surface area contributed by atoms with Crippen LogP contribution in [0.4, 0.5) is 0 Å². The molecule has 58 heavy (non-hydrogen) atoms. The number of nitrogens with zero attached hydrogens (tertiary/aromatic N) is 3. The number of rotatable bonds is 5. The van der Waals surface area contributed by atoms with Gasteiger partial charge < -0.3 is 18.3 Å². The summed E-state index contributed by atoms with van der Waals surface area (Å²) in [6, 6.07) is 58.9. The third-order valence-electron chi connectivity index (χ3n) is 10.8. The van der Waals surface area contributed by atoms with Gasteiger partial charge in [-0.1, -0.05) is 91.0 Å². The number of para-hydroxylation sites is 4. The van der Waals surface area contributed by atoms with Crippen molar-refractivity contribution in [1.82, 2.24) is 15.0 Å². The minimum Gasteiger partial charge on any atom is -0.456 e. The Kier molecular flexibility index (Phi) is 7.09. The largest absolute Gasteiger partial charge is 0.456 e. The maximum Gasteiger partial charge on any atom is 0.170 e. The van der Waals surface area contributed by atoms with Crippen LogP contribution in [-0.2, 0) is 0 Å². The first-order chi connectivity index (χ1) is 28.7. The van der Waals surface area contributed by atoms with E-state index in [1.807, 2.05) is 121 Å². The molecule has 0 saturated heterocycles. The zero-order valence-corrected chi connectivity index (χ0v) is 30.7. The average molecular weight is 748 g/mol. The van der Waals surface area contributed by atoms with Crippen LogP contribution < -0.4 is 9.47 Å². The Hall–Kier alpha value is -8.03. The van der Waals surface area contributed by atoms with E-state index in [0.29, 0.717) is 40.5 Å². The number of hydrogen-bond donors (Lipinski definition) is 0. The summed E-state index contributed by atoms with van der Waals surface area (Å²) in [4.78, 5) is 15.4. The number of fused-ring (bicyclic) bond motifs is 8. The molecular formula is C51H29N3O4. The normalized spacial score (nSPS) is 12.1. The summed E-state index contributed by atoms with van der Waals surface area (Å²) in [5, 5.41) is 4.16. The molecule has 272 valence electrons. The Morgan fingerprint density at radius 1 is 0.259 bits per heavy atom. The van der Waals surface area contributed by atoms with Gasteiger partial charge in [-0.05, 0) is 107 Å². The van der Waals surface area contributed by atoms with Crippen LogP contribution in [0.5, 0.6) is 23.0 Å². The van der Waals surface area contributed by atoms with Crippen molar-refractivity contribution >= 4 is 43.9 Å². The Labute approximate surface area is 331 Å². The molecule has 0 saturated carbocycles. The van der Waals surface area contributed by atoms with E-state index in [2.05, 4.69) is 54.6 Å². The molecule has 0 aliphatic carbocycles. The second-order valence-electron chi connectivity index (χ2n) is 14.4. The van der Waals surface area contributed by atoms with Crippen molar-refractivity contribution in [3.63, 3.8) is 0 Å². The van der Waals surface area contributed by atoms with Crippen LogP contribution in [0.2, 0.25) is 0 Å². The summed E-state index contributed by atoms with van der Waals surface area (Å²) < 4.78 is 24.9. The summed E-state index contributed by atoms with van der Waals surface area (Å²) >= 11 is 0. The van der Waals surface area contributed by atoms with Crippen LogP contribution in [0.15, 0.2) is 185 Å². The highest BCUT2D eigenvalue weighted by Gasteiger charge is 2.21. The Balaban J connectivity index is 1.06. The van der Waals surface area contributed by atoms with Crippen molar-refractivity contribution in [2.24, 2.45) is 0 Å². The van der Waals surface area contributed by atoms with Crippen LogP contribution in [0.25, 0.3) is 100 Å². The van der Waals surface area contributed by atoms with Gasteiger partial charge in [-0.25, -0.2) is 15.0 Å². The molecule has 0 spiro atoms. The molecule has 0 atom stereocenters. The minimum atomic E-state index is 0.547. The Bertz CT molecular complexity index is 3420. The van der Waals surface area contributed by atoms with Gasteiger partial charge in [0.05, 0.1) is 0 Å². The fourth-order valence-corrected chi connectivity index (χ4v) is 7.92. The third-order valence-corrected chi connectivity index (χ3v) is 10.8. The molecule has 0 bridgehead atoms. The summed E-state index contributed by atoms with van der Waals surface area (Å²) in [6.45, 7) is 0. The highest BCUT2D eigenvalue weighted by Crippen LogP contribution is 2.47. The maximum absolute atomic E-state index is 6.36. The average Bonchev–Trinajstić information content (AvgIpc) is 3.86. The van der Waals surface area contributed by atoms with Crippen molar-refractivity contribution in [3.05, 3.63) is 176 Å². The number of ether oxygens (including phenoxy) is 2. The molecular weight excluding hydrogens is 719 g/mol. The molecule has 0 N–H and O–H groups in total. The second-order valence-corrected chi connectivity index (χ2v) is 14.4. The summed E-state index contributed by atoms with van der Waals surface area (Å²) in [5.74, 6) is 4.36. The SMILES string of the molecule is c1ccc(-c2nc(-c3cc(-c4ccc5c(c4)Oc4ccccc4O5)cc(-c4ccc5oc6ccccc6c5c4)c3)nc(-c3ccc4oc5ccccc5c4c3)n2)cc1. The highest BCUT2D eigenvalue weighted by molar-refractivity contribution is 6.07. The molecule has 1 aliphatic heterocycles. The van der Waals surface area contributed by atoms with Crippen LogP contribution in [0.1, 0.15) is 0 Å². The quantitative estimate of drug-likeness (QED) is 0.173. The van der Waals surface area contributed by atoms with Gasteiger partial charge in [-0.15, -0.1) is 0 Å². The lowest BCUT2D eigenvalue weighted by Crippen LogP contribution is -2.01. The van der Waals surface area contributed by atoms with Crippen molar-refractivity contribution in [1.29, 1.82) is 0 Å². The van der Waals surface area contributed by atoms with Gasteiger partial charge in [-0.2, -0.15) is 0 Å². The van der Waals surface area contributed by atoms with Crippen molar-refractivity contribution < 1.29 is 18.3 Å². The molecule has 7 heteroatoms. The first-order valence-electron chi connectivity index (χ1n) is 19.1. The number of benzene rings is 8. The van der Waals surface area contributed by atoms with E-state index in [4.69, 9.17) is 33.3 Å². The van der Waals surface area contributed by atoms with Gasteiger partial charge in [0.2, 0.25) is 0 Å². The molecule has 0 fully saturated rings. The third kappa shape index (κ3) is 5.40. The van der Waals surface area contributed by atoms with Gasteiger partial charge in [-0.3, -0.25) is 0 Å². The first kappa shape index (κ1) is 32.2. The summed E-state index contributed by atoms with van der Waals surface area (Å²) in [7, 11) is 0. The second kappa shape index (κ2) is 12.8. The molecule has 3 aromatic heterocycles. The highest BCUT2D eigenvalue weighted by atomic mass is 16.6. The fraction of sp³-hybridized carbons (Fsp3) is 0. The van der Waals surface area contributed by atoms with Crippen LogP contribution in [0.3, 0.4) is 0 Å². The zero-order valence-electron chi connectivity index (χ0n) is 30.7. The van der Waals surface area contributed by atoms with Gasteiger partial charge in [0.15, 0.2) is 40.5 Å². The van der Waals surface area contributed by atoms with E-state index in [9.17, 15) is 0 Å². The molecule has 11 aromatic rings. The predicted molar refractivity (Wildman–Crippen MR) is 228 cm³/mol. The minimum absolute atomic E-state index is 0.547. The van der Waals surface area contributed by atoms with Gasteiger partial charge in [0.1, 0.15) is 22.3 Å². The fourth-order valence-electron chi connectivity index (χ4n) is 7.92. The molecule has 0 radical (unpaired) electrons. The van der Waals surface area contributed by atoms with Crippen LogP contribution >= 0.6 is 0 Å². The van der Waals surface area contributed by atoms with E-state index in [1.165, 1.54) is 0 Å². The molecule has 8 aromatic carbocycles. The van der Waals surface area contributed by atoms with E-state index in [0.717, 1.165) is 82.8 Å². The van der Waals surface area contributed by atoms with Crippen LogP contribution in [0, 0.1) is 0 Å². The molecule has 0 unspecified atom stereocenters. The number of aromatic nitrogens is 3. The van der Waals surface area contributed by atoms with E-state index < -0.39 is 0 Å². The Morgan fingerprint density at radius 2 is 0.707 bits per heavy atom. The first-order valence-corrected chi connectivity index (χ1v) is 19.1. The maximum atomic E-state index is 6.36. The van der Waals surface area contributed by atoms with Crippen molar-refractivity contribution in [2.75, 3.05) is 0 Å². The topological polar surface area (TPSA) is 83.4 Å². The zero-order chi connectivity index (χ0) is 38.2. The smallest absolute Gasteiger partial charge is 0.170 e. The summed E-state index contributed by atoms with van der Waals surface area (Å²) in [5.41, 5.74) is 9.87. The van der Waals surface area contributed by atoms with E-state index >= 15 is 0 Å². The molecule has 1 aliphatic rings. The van der Waals surface area contributed by atoms with Crippen molar-refractivity contribution in [2.45, 2.75) is 0 Å². The standard InChI is InChI=1S/C51H29N3O4/c1-2-10-30(11-3-1)49-52-50(33-20-22-44-40(28-33)38-13-5-7-15-42(38)56-44)54-51(53-49)36-25-34(31-18-21-43-39(27-31)37-12-4-6-14-41(37)55-43)24-35(26-36)32-19-23-47-48(29-32)58-46-17-9-8-16-45(46)57-47/h1-29H. The lowest BCUT2D eigenvalue weighted by molar-refractivity contribution is 0.360. The molecule has 4 heterocycles. The van der Waals surface area contributed by atoms with Crippen LogP contribution in [-0.4, -0.2) is 15.0 Å². The lowest BCUT2D eigenvalue weighted by atomic mass is 9.94. The monoisotopic (exact) mass is 747 g/mol. The van der Waals surface area contributed by atoms with Gasteiger partial charge in [0, 0.05) is 38.2 Å². The summed E-state index contributed by atoms with van der Waals surface area (Å²) in [6.07, 6.45) is 0. The molecule has 12 rings (SSSR count).